The third kappa shape index (κ3) is 3.64. The molecule has 0 saturated carbocycles. The maximum atomic E-state index is 12.6. The van der Waals surface area contributed by atoms with Crippen molar-refractivity contribution >= 4 is 17.9 Å². The molecule has 0 unspecified atom stereocenters. The lowest BCUT2D eigenvalue weighted by molar-refractivity contribution is -0.00371. The van der Waals surface area contributed by atoms with Crippen LogP contribution in [0.4, 0.5) is 15.4 Å². The summed E-state index contributed by atoms with van der Waals surface area (Å²) in [4.78, 5) is 28.9. The van der Waals surface area contributed by atoms with Crippen LogP contribution in [-0.4, -0.2) is 69.5 Å². The second kappa shape index (κ2) is 6.81. The Bertz CT molecular complexity index is 671. The molecule has 2 amide bonds. The molecule has 1 N–H and O–H groups in total. The number of hydrogen-bond donors (Lipinski definition) is 1. The van der Waals surface area contributed by atoms with E-state index < -0.39 is 5.60 Å². The van der Waals surface area contributed by atoms with Crippen LogP contribution in [0.15, 0.2) is 12.3 Å². The Morgan fingerprint density at radius 2 is 1.88 bits per heavy atom. The van der Waals surface area contributed by atoms with Crippen molar-refractivity contribution < 1.29 is 14.3 Å². The summed E-state index contributed by atoms with van der Waals surface area (Å²) < 4.78 is 6.96. The van der Waals surface area contributed by atoms with Crippen LogP contribution in [0, 0.1) is 0 Å². The number of carbonyl (C=O) groups is 2. The lowest BCUT2D eigenvalue weighted by atomic mass is 9.85. The van der Waals surface area contributed by atoms with Crippen molar-refractivity contribution in [1.29, 1.82) is 0 Å². The average Bonchev–Trinajstić information content (AvgIpc) is 3.20. The van der Waals surface area contributed by atoms with Crippen LogP contribution in [0.25, 0.3) is 0 Å². The Morgan fingerprint density at radius 1 is 1.19 bits per heavy atom. The van der Waals surface area contributed by atoms with Gasteiger partial charge in [-0.3, -0.25) is 0 Å². The van der Waals surface area contributed by atoms with E-state index in [4.69, 9.17) is 4.74 Å². The zero-order chi connectivity index (χ0) is 18.9. The molecule has 0 aliphatic carbocycles. The lowest BCUT2D eigenvalue weighted by Gasteiger charge is -2.44. The van der Waals surface area contributed by atoms with E-state index in [0.717, 1.165) is 32.2 Å². The largest absolute Gasteiger partial charge is 0.444 e. The summed E-state index contributed by atoms with van der Waals surface area (Å²) in [5, 5.41) is 7.13. The highest BCUT2D eigenvalue weighted by atomic mass is 16.6. The predicted octanol–water partition coefficient (Wildman–Crippen LogP) is 2.76. The minimum Gasteiger partial charge on any atom is -0.444 e. The van der Waals surface area contributed by atoms with Gasteiger partial charge in [0.05, 0.1) is 0 Å². The van der Waals surface area contributed by atoms with Crippen molar-refractivity contribution in [2.24, 2.45) is 0 Å². The van der Waals surface area contributed by atoms with Gasteiger partial charge in [0, 0.05) is 44.5 Å². The summed E-state index contributed by atoms with van der Waals surface area (Å²) >= 11 is 0. The van der Waals surface area contributed by atoms with Gasteiger partial charge in [0.15, 0.2) is 0 Å². The zero-order valence-electron chi connectivity index (χ0n) is 16.1. The van der Waals surface area contributed by atoms with Gasteiger partial charge in [0.25, 0.3) is 0 Å². The van der Waals surface area contributed by atoms with Crippen molar-refractivity contribution in [3.63, 3.8) is 0 Å². The highest BCUT2D eigenvalue weighted by Crippen LogP contribution is 2.39. The summed E-state index contributed by atoms with van der Waals surface area (Å²) in [5.41, 5.74) is -0.679. The summed E-state index contributed by atoms with van der Waals surface area (Å²) in [5.74, 6) is 0.665. The van der Waals surface area contributed by atoms with E-state index in [-0.39, 0.29) is 17.7 Å². The molecule has 2 saturated heterocycles. The summed E-state index contributed by atoms with van der Waals surface area (Å²) in [6.45, 7) is 7.63. The smallest absolute Gasteiger partial charge is 0.410 e. The van der Waals surface area contributed by atoms with E-state index in [1.165, 1.54) is 4.68 Å². The van der Waals surface area contributed by atoms with Gasteiger partial charge in [-0.25, -0.2) is 9.59 Å². The highest BCUT2D eigenvalue weighted by molar-refractivity contribution is 5.76. The molecule has 144 valence electrons. The zero-order valence-corrected chi connectivity index (χ0v) is 16.1. The molecule has 1 aromatic heterocycles. The first kappa shape index (κ1) is 18.5. The van der Waals surface area contributed by atoms with E-state index >= 15 is 0 Å². The molecular formula is C18H29N5O3. The number of nitrogens with zero attached hydrogens (tertiary/aromatic N) is 4. The summed E-state index contributed by atoms with van der Waals surface area (Å²) in [7, 11) is 1.77. The fourth-order valence-corrected chi connectivity index (χ4v) is 3.88. The number of rotatable bonds is 1. The third-order valence-corrected chi connectivity index (χ3v) is 5.22. The van der Waals surface area contributed by atoms with Crippen LogP contribution in [0.2, 0.25) is 0 Å². The molecule has 3 heterocycles. The standard InChI is InChI=1S/C18H29N5O3/c1-17(2,3)26-16(25)22-10-5-7-18(22)8-12-21(13-9-18)15(24)23-11-6-14(19-4)20-23/h6,11H,5,7-10,12-13H2,1-4H3,(H,19,20). The number of ether oxygens (including phenoxy) is 1. The molecule has 0 atom stereocenters. The Balaban J connectivity index is 1.64. The monoisotopic (exact) mass is 363 g/mol. The second-order valence-electron chi connectivity index (χ2n) is 8.13. The maximum Gasteiger partial charge on any atom is 0.410 e. The first-order valence-electron chi connectivity index (χ1n) is 9.27. The number of anilines is 1. The van der Waals surface area contributed by atoms with E-state index in [1.54, 1.807) is 19.3 Å². The van der Waals surface area contributed by atoms with E-state index in [9.17, 15) is 9.59 Å². The van der Waals surface area contributed by atoms with Crippen molar-refractivity contribution in [1.82, 2.24) is 19.6 Å². The molecule has 26 heavy (non-hydrogen) atoms. The number of amides is 2. The molecule has 1 aromatic rings. The number of aromatic nitrogens is 2. The first-order chi connectivity index (χ1) is 12.2. The van der Waals surface area contributed by atoms with Crippen LogP contribution < -0.4 is 5.32 Å². The minimum absolute atomic E-state index is 0.122. The van der Waals surface area contributed by atoms with Gasteiger partial charge in [0.1, 0.15) is 11.4 Å². The van der Waals surface area contributed by atoms with Gasteiger partial charge in [-0.1, -0.05) is 0 Å². The van der Waals surface area contributed by atoms with Gasteiger partial charge in [-0.2, -0.15) is 4.68 Å². The van der Waals surface area contributed by atoms with Gasteiger partial charge in [0.2, 0.25) is 0 Å². The van der Waals surface area contributed by atoms with Crippen LogP contribution in [-0.2, 0) is 4.74 Å². The van der Waals surface area contributed by atoms with Crippen molar-refractivity contribution in [3.05, 3.63) is 12.3 Å². The van der Waals surface area contributed by atoms with E-state index in [1.807, 2.05) is 30.6 Å². The van der Waals surface area contributed by atoms with Gasteiger partial charge >= 0.3 is 12.1 Å². The van der Waals surface area contributed by atoms with Crippen LogP contribution in [0.3, 0.4) is 0 Å². The van der Waals surface area contributed by atoms with Gasteiger partial charge < -0.3 is 19.9 Å². The molecule has 2 aliphatic rings. The quantitative estimate of drug-likeness (QED) is 0.830. The molecule has 2 aliphatic heterocycles. The first-order valence-corrected chi connectivity index (χ1v) is 9.27. The topological polar surface area (TPSA) is 79.7 Å². The van der Waals surface area contributed by atoms with Crippen LogP contribution in [0.1, 0.15) is 46.5 Å². The second-order valence-corrected chi connectivity index (χ2v) is 8.13. The fourth-order valence-electron chi connectivity index (χ4n) is 3.88. The minimum atomic E-state index is -0.497. The average molecular weight is 363 g/mol. The van der Waals surface area contributed by atoms with Crippen molar-refractivity contribution in [3.8, 4) is 0 Å². The van der Waals surface area contributed by atoms with Crippen LogP contribution in [0.5, 0.6) is 0 Å². The molecule has 1 spiro atoms. The summed E-state index contributed by atoms with van der Waals surface area (Å²) in [6, 6.07) is 1.65. The normalized spacial score (nSPS) is 19.7. The molecule has 0 aromatic carbocycles. The summed E-state index contributed by atoms with van der Waals surface area (Å²) in [6.07, 6.45) is 4.94. The predicted molar refractivity (Wildman–Crippen MR) is 98.3 cm³/mol. The molecule has 0 bridgehead atoms. The number of carbonyl (C=O) groups excluding carboxylic acids is 2. The molecule has 2 fully saturated rings. The third-order valence-electron chi connectivity index (χ3n) is 5.22. The molecule has 8 heteroatoms. The highest BCUT2D eigenvalue weighted by Gasteiger charge is 2.47. The number of nitrogens with one attached hydrogen (secondary N) is 1. The Labute approximate surface area is 154 Å². The fraction of sp³-hybridized carbons (Fsp3) is 0.722. The molecular weight excluding hydrogens is 334 g/mol. The van der Waals surface area contributed by atoms with Gasteiger partial charge in [-0.05, 0) is 46.5 Å². The Hall–Kier alpha value is -2.25. The van der Waals surface area contributed by atoms with E-state index in [2.05, 4.69) is 10.4 Å². The lowest BCUT2D eigenvalue weighted by Crippen LogP contribution is -2.56. The number of likely N-dealkylation sites (tertiary alicyclic amines) is 2. The van der Waals surface area contributed by atoms with Crippen molar-refractivity contribution in [2.75, 3.05) is 32.0 Å². The molecule has 0 radical (unpaired) electrons. The Morgan fingerprint density at radius 3 is 2.46 bits per heavy atom. The Kier molecular flexibility index (Phi) is 4.86. The number of hydrogen-bond acceptors (Lipinski definition) is 5. The van der Waals surface area contributed by atoms with E-state index in [0.29, 0.717) is 18.9 Å². The molecule has 8 nitrogen and oxygen atoms in total. The molecule has 3 rings (SSSR count). The van der Waals surface area contributed by atoms with Gasteiger partial charge in [-0.15, -0.1) is 5.10 Å². The SMILES string of the molecule is CNc1ccn(C(=O)N2CCC3(CCCN3C(=O)OC(C)(C)C)CC2)n1. The van der Waals surface area contributed by atoms with Crippen LogP contribution >= 0.6 is 0 Å². The van der Waals surface area contributed by atoms with Crippen molar-refractivity contribution in [2.45, 2.75) is 57.6 Å². The number of piperidine rings is 1. The maximum absolute atomic E-state index is 12.6.